The molecule has 16 heavy (non-hydrogen) atoms. The molecule has 1 aromatic heterocycles. The molecular weight excluding hydrogens is 236 g/mol. The molecule has 0 aliphatic carbocycles. The van der Waals surface area contributed by atoms with E-state index in [2.05, 4.69) is 36.3 Å². The van der Waals surface area contributed by atoms with Crippen LogP contribution in [0.2, 0.25) is 0 Å². The Labute approximate surface area is 106 Å². The second kappa shape index (κ2) is 6.03. The van der Waals surface area contributed by atoms with Crippen molar-refractivity contribution in [1.29, 1.82) is 0 Å². The van der Waals surface area contributed by atoms with Gasteiger partial charge in [-0.15, -0.1) is 11.3 Å². The highest BCUT2D eigenvalue weighted by Crippen LogP contribution is 2.40. The van der Waals surface area contributed by atoms with Gasteiger partial charge in [-0.05, 0) is 32.1 Å². The summed E-state index contributed by atoms with van der Waals surface area (Å²) in [7, 11) is 0. The van der Waals surface area contributed by atoms with Crippen molar-refractivity contribution in [3.63, 3.8) is 0 Å². The van der Waals surface area contributed by atoms with Gasteiger partial charge < -0.3 is 5.32 Å². The number of thiazole rings is 1. The predicted molar refractivity (Wildman–Crippen MR) is 73.4 cm³/mol. The zero-order valence-electron chi connectivity index (χ0n) is 10.0. The first kappa shape index (κ1) is 12.4. The van der Waals surface area contributed by atoms with Crippen molar-refractivity contribution in [3.05, 3.63) is 16.1 Å². The molecule has 2 atom stereocenters. The largest absolute Gasteiger partial charge is 0.314 e. The molecule has 1 fully saturated rings. The highest BCUT2D eigenvalue weighted by molar-refractivity contribution is 7.99. The number of aromatic nitrogens is 1. The van der Waals surface area contributed by atoms with Crippen LogP contribution in [-0.2, 0) is 6.42 Å². The van der Waals surface area contributed by atoms with E-state index in [4.69, 9.17) is 4.98 Å². The predicted octanol–water partition coefficient (Wildman–Crippen LogP) is 3.25. The van der Waals surface area contributed by atoms with Crippen LogP contribution >= 0.6 is 23.1 Å². The number of nitrogens with one attached hydrogen (secondary N) is 1. The Bertz CT molecular complexity index is 319. The molecule has 1 aromatic rings. The highest BCUT2D eigenvalue weighted by Gasteiger charge is 2.20. The third-order valence-corrected chi connectivity index (χ3v) is 5.38. The molecule has 2 heterocycles. The average Bonchev–Trinajstić information content (AvgIpc) is 2.86. The maximum absolute atomic E-state index is 4.77. The Hall–Kier alpha value is -0.0600. The van der Waals surface area contributed by atoms with Crippen molar-refractivity contribution in [2.24, 2.45) is 0 Å². The minimum atomic E-state index is 0.538. The molecule has 2 unspecified atom stereocenters. The third kappa shape index (κ3) is 3.22. The lowest BCUT2D eigenvalue weighted by Crippen LogP contribution is -2.27. The number of thioether (sulfide) groups is 1. The summed E-state index contributed by atoms with van der Waals surface area (Å²) in [5.41, 5.74) is 1.26. The molecule has 1 aliphatic rings. The second-order valence-electron chi connectivity index (χ2n) is 4.34. The van der Waals surface area contributed by atoms with Gasteiger partial charge in [0.05, 0.1) is 10.9 Å². The van der Waals surface area contributed by atoms with E-state index in [0.717, 1.165) is 13.0 Å². The molecule has 1 aliphatic heterocycles. The number of nitrogens with zero attached hydrogens (tertiary/aromatic N) is 1. The fraction of sp³-hybridized carbons (Fsp3) is 0.750. The average molecular weight is 256 g/mol. The molecular formula is C12H20N2S2. The Balaban J connectivity index is 1.91. The zero-order chi connectivity index (χ0) is 11.4. The lowest BCUT2D eigenvalue weighted by Gasteiger charge is -2.09. The minimum absolute atomic E-state index is 0.538. The van der Waals surface area contributed by atoms with Crippen molar-refractivity contribution in [2.45, 2.75) is 44.4 Å². The van der Waals surface area contributed by atoms with E-state index >= 15 is 0 Å². The summed E-state index contributed by atoms with van der Waals surface area (Å²) < 4.78 is 0. The maximum Gasteiger partial charge on any atom is 0.106 e. The Morgan fingerprint density at radius 3 is 3.19 bits per heavy atom. The smallest absolute Gasteiger partial charge is 0.106 e. The fourth-order valence-electron chi connectivity index (χ4n) is 2.07. The third-order valence-electron chi connectivity index (χ3n) is 2.84. The first-order valence-electron chi connectivity index (χ1n) is 6.09. The van der Waals surface area contributed by atoms with E-state index in [1.807, 2.05) is 11.3 Å². The molecule has 90 valence electrons. The van der Waals surface area contributed by atoms with Gasteiger partial charge in [0, 0.05) is 17.8 Å². The Morgan fingerprint density at radius 2 is 2.50 bits per heavy atom. The molecule has 1 N–H and O–H groups in total. The van der Waals surface area contributed by atoms with Crippen LogP contribution in [0.4, 0.5) is 0 Å². The number of likely N-dealkylation sites (N-methyl/N-ethyl adjacent to an activating group) is 1. The van der Waals surface area contributed by atoms with Crippen molar-refractivity contribution in [3.8, 4) is 0 Å². The van der Waals surface area contributed by atoms with Gasteiger partial charge in [0.15, 0.2) is 0 Å². The molecule has 0 aromatic carbocycles. The van der Waals surface area contributed by atoms with Crippen LogP contribution in [0.1, 0.15) is 42.6 Å². The standard InChI is InChI=1S/C12H20N2S2/c1-3-13-9(2)7-10-8-16-12(14-10)11-5-4-6-15-11/h8-9,11,13H,3-7H2,1-2H3. The lowest BCUT2D eigenvalue weighted by molar-refractivity contribution is 0.560. The summed E-state index contributed by atoms with van der Waals surface area (Å²) in [5.74, 6) is 1.31. The van der Waals surface area contributed by atoms with E-state index in [9.17, 15) is 0 Å². The number of rotatable bonds is 5. The van der Waals surface area contributed by atoms with Crippen molar-refractivity contribution in [2.75, 3.05) is 12.3 Å². The van der Waals surface area contributed by atoms with Crippen LogP contribution in [0.3, 0.4) is 0 Å². The summed E-state index contributed by atoms with van der Waals surface area (Å²) in [4.78, 5) is 4.77. The van der Waals surface area contributed by atoms with E-state index in [0.29, 0.717) is 11.3 Å². The molecule has 2 nitrogen and oxygen atoms in total. The molecule has 4 heteroatoms. The monoisotopic (exact) mass is 256 g/mol. The van der Waals surface area contributed by atoms with Gasteiger partial charge in [0.1, 0.15) is 5.01 Å². The Morgan fingerprint density at radius 1 is 1.62 bits per heavy atom. The van der Waals surface area contributed by atoms with Crippen LogP contribution in [0.15, 0.2) is 5.38 Å². The highest BCUT2D eigenvalue weighted by atomic mass is 32.2. The van der Waals surface area contributed by atoms with Gasteiger partial charge in [0.2, 0.25) is 0 Å². The first-order valence-corrected chi connectivity index (χ1v) is 8.01. The van der Waals surface area contributed by atoms with E-state index in [-0.39, 0.29) is 0 Å². The van der Waals surface area contributed by atoms with Crippen molar-refractivity contribution < 1.29 is 0 Å². The van der Waals surface area contributed by atoms with Gasteiger partial charge in [-0.1, -0.05) is 6.92 Å². The summed E-state index contributed by atoms with van der Waals surface area (Å²) >= 11 is 3.92. The summed E-state index contributed by atoms with van der Waals surface area (Å²) in [6.45, 7) is 5.42. The van der Waals surface area contributed by atoms with Gasteiger partial charge in [-0.2, -0.15) is 11.8 Å². The molecule has 0 radical (unpaired) electrons. The minimum Gasteiger partial charge on any atom is -0.314 e. The van der Waals surface area contributed by atoms with Crippen molar-refractivity contribution in [1.82, 2.24) is 10.3 Å². The summed E-state index contributed by atoms with van der Waals surface area (Å²) in [6, 6.07) is 0.538. The van der Waals surface area contributed by atoms with Crippen LogP contribution in [0.25, 0.3) is 0 Å². The van der Waals surface area contributed by atoms with Gasteiger partial charge in [-0.25, -0.2) is 4.98 Å². The molecule has 0 amide bonds. The van der Waals surface area contributed by atoms with Crippen LogP contribution in [0, 0.1) is 0 Å². The molecule has 1 saturated heterocycles. The SMILES string of the molecule is CCNC(C)Cc1csc(C2CCCS2)n1. The molecule has 0 spiro atoms. The van der Waals surface area contributed by atoms with E-state index in [1.165, 1.54) is 29.3 Å². The van der Waals surface area contributed by atoms with Gasteiger partial charge >= 0.3 is 0 Å². The van der Waals surface area contributed by atoms with Gasteiger partial charge in [-0.3, -0.25) is 0 Å². The molecule has 2 rings (SSSR count). The number of hydrogen-bond donors (Lipinski definition) is 1. The second-order valence-corrected chi connectivity index (χ2v) is 6.54. The van der Waals surface area contributed by atoms with Crippen LogP contribution < -0.4 is 5.32 Å². The molecule has 0 bridgehead atoms. The van der Waals surface area contributed by atoms with E-state index < -0.39 is 0 Å². The van der Waals surface area contributed by atoms with Crippen LogP contribution in [0.5, 0.6) is 0 Å². The topological polar surface area (TPSA) is 24.9 Å². The van der Waals surface area contributed by atoms with Crippen molar-refractivity contribution >= 4 is 23.1 Å². The zero-order valence-corrected chi connectivity index (χ0v) is 11.7. The fourth-order valence-corrected chi connectivity index (χ4v) is 4.43. The summed E-state index contributed by atoms with van der Waals surface area (Å²) in [6.07, 6.45) is 3.74. The Kier molecular flexibility index (Phi) is 4.67. The van der Waals surface area contributed by atoms with Gasteiger partial charge in [0.25, 0.3) is 0 Å². The van der Waals surface area contributed by atoms with Crippen LogP contribution in [-0.4, -0.2) is 23.3 Å². The lowest BCUT2D eigenvalue weighted by atomic mass is 10.2. The quantitative estimate of drug-likeness (QED) is 0.875. The first-order chi connectivity index (χ1) is 7.79. The maximum atomic E-state index is 4.77. The summed E-state index contributed by atoms with van der Waals surface area (Å²) in [5, 5.41) is 7.71. The van der Waals surface area contributed by atoms with E-state index in [1.54, 1.807) is 0 Å². The molecule has 0 saturated carbocycles. The normalized spacial score (nSPS) is 22.5. The number of hydrogen-bond acceptors (Lipinski definition) is 4.